The first-order chi connectivity index (χ1) is 10.2. The minimum atomic E-state index is -0.460. The summed E-state index contributed by atoms with van der Waals surface area (Å²) in [5, 5.41) is 9.38. The normalized spacial score (nSPS) is 10.9. The number of rotatable bonds is 12. The molecule has 5 nitrogen and oxygen atoms in total. The van der Waals surface area contributed by atoms with Crippen LogP contribution >= 0.6 is 0 Å². The molecule has 0 spiro atoms. The topological polar surface area (TPSA) is 64.2 Å². The number of carbonyl (C=O) groups is 1. The Morgan fingerprint density at radius 3 is 2.00 bits per heavy atom. The predicted octanol–water partition coefficient (Wildman–Crippen LogP) is 3.31. The van der Waals surface area contributed by atoms with Gasteiger partial charge in [0, 0.05) is 6.54 Å². The van der Waals surface area contributed by atoms with Crippen LogP contribution in [0.15, 0.2) is 11.0 Å². The van der Waals surface area contributed by atoms with Gasteiger partial charge in [-0.15, -0.1) is 0 Å². The maximum atomic E-state index is 11.6. The molecule has 120 valence electrons. The summed E-state index contributed by atoms with van der Waals surface area (Å²) in [4.78, 5) is 22.2. The van der Waals surface area contributed by atoms with Crippen molar-refractivity contribution in [1.29, 1.82) is 0 Å². The first kappa shape index (κ1) is 17.5. The lowest BCUT2D eigenvalue weighted by atomic mass is 10.1. The third-order valence-corrected chi connectivity index (χ3v) is 3.83. The van der Waals surface area contributed by atoms with Crippen LogP contribution in [0.2, 0.25) is 0 Å². The molecule has 1 aromatic heterocycles. The number of nitrogens with zero attached hydrogens (tertiary/aromatic N) is 2. The SMILES string of the molecule is CCCCCCCCCCCCn1cc(O)n(C=O)c1=O. The lowest BCUT2D eigenvalue weighted by Crippen LogP contribution is -2.23. The second-order valence-electron chi connectivity index (χ2n) is 5.62. The van der Waals surface area contributed by atoms with E-state index >= 15 is 0 Å². The van der Waals surface area contributed by atoms with Crippen LogP contribution < -0.4 is 5.69 Å². The van der Waals surface area contributed by atoms with E-state index in [1.54, 1.807) is 0 Å². The van der Waals surface area contributed by atoms with E-state index in [-0.39, 0.29) is 5.88 Å². The van der Waals surface area contributed by atoms with E-state index in [4.69, 9.17) is 0 Å². The van der Waals surface area contributed by atoms with Crippen molar-refractivity contribution in [2.45, 2.75) is 77.7 Å². The van der Waals surface area contributed by atoms with Gasteiger partial charge in [-0.05, 0) is 6.42 Å². The van der Waals surface area contributed by atoms with Crippen molar-refractivity contribution < 1.29 is 9.90 Å². The van der Waals surface area contributed by atoms with Crippen LogP contribution in [0, 0.1) is 0 Å². The molecule has 0 aliphatic heterocycles. The molecule has 1 heterocycles. The molecule has 21 heavy (non-hydrogen) atoms. The molecule has 5 heteroatoms. The van der Waals surface area contributed by atoms with Crippen molar-refractivity contribution >= 4 is 6.41 Å². The Hall–Kier alpha value is -1.52. The average molecular weight is 296 g/mol. The lowest BCUT2D eigenvalue weighted by Gasteiger charge is -2.02. The fourth-order valence-electron chi connectivity index (χ4n) is 2.52. The van der Waals surface area contributed by atoms with E-state index in [1.165, 1.54) is 62.1 Å². The van der Waals surface area contributed by atoms with Gasteiger partial charge in [-0.1, -0.05) is 64.7 Å². The average Bonchev–Trinajstić information content (AvgIpc) is 2.75. The summed E-state index contributed by atoms with van der Waals surface area (Å²) in [6.07, 6.45) is 14.1. The van der Waals surface area contributed by atoms with Gasteiger partial charge in [0.1, 0.15) is 0 Å². The Balaban J connectivity index is 2.07. The van der Waals surface area contributed by atoms with Gasteiger partial charge in [-0.25, -0.2) is 9.36 Å². The molecule has 0 aromatic carbocycles. The molecule has 0 amide bonds. The highest BCUT2D eigenvalue weighted by Crippen LogP contribution is 2.11. The van der Waals surface area contributed by atoms with Gasteiger partial charge < -0.3 is 5.11 Å². The molecule has 0 saturated carbocycles. The molecule has 0 fully saturated rings. The summed E-state index contributed by atoms with van der Waals surface area (Å²) in [6, 6.07) is 0. The first-order valence-corrected chi connectivity index (χ1v) is 8.16. The Labute approximate surface area is 126 Å². The van der Waals surface area contributed by atoms with Crippen molar-refractivity contribution in [1.82, 2.24) is 9.13 Å². The van der Waals surface area contributed by atoms with Gasteiger partial charge in [-0.3, -0.25) is 9.36 Å². The highest BCUT2D eigenvalue weighted by atomic mass is 16.3. The third kappa shape index (κ3) is 6.19. The minimum absolute atomic E-state index is 0.290. The number of aromatic hydroxyl groups is 1. The van der Waals surface area contributed by atoms with Gasteiger partial charge in [0.05, 0.1) is 6.20 Å². The van der Waals surface area contributed by atoms with E-state index in [1.807, 2.05) is 0 Å². The number of aryl methyl sites for hydroxylation is 1. The maximum Gasteiger partial charge on any atom is 0.337 e. The van der Waals surface area contributed by atoms with Gasteiger partial charge in [0.2, 0.25) is 12.3 Å². The summed E-state index contributed by atoms with van der Waals surface area (Å²) in [7, 11) is 0. The van der Waals surface area contributed by atoms with E-state index in [0.29, 0.717) is 13.0 Å². The molecular weight excluding hydrogens is 268 g/mol. The number of carbonyl (C=O) groups excluding carboxylic acids is 1. The van der Waals surface area contributed by atoms with Crippen LogP contribution in [0.3, 0.4) is 0 Å². The van der Waals surface area contributed by atoms with Crippen LogP contribution in [0.1, 0.15) is 71.1 Å². The standard InChI is InChI=1S/C16H28N2O3/c1-2-3-4-5-6-7-8-9-10-11-12-17-13-15(20)18(14-19)16(17)21/h13-14,20H,2-12H2,1H3. The second-order valence-corrected chi connectivity index (χ2v) is 5.62. The smallest absolute Gasteiger partial charge is 0.337 e. The minimum Gasteiger partial charge on any atom is -0.493 e. The van der Waals surface area contributed by atoms with Crippen molar-refractivity contribution in [2.24, 2.45) is 0 Å². The molecule has 1 aromatic rings. The number of hydrogen-bond acceptors (Lipinski definition) is 3. The fourth-order valence-corrected chi connectivity index (χ4v) is 2.52. The molecule has 1 N–H and O–H groups in total. The Morgan fingerprint density at radius 1 is 1.00 bits per heavy atom. The molecule has 0 unspecified atom stereocenters. The molecular formula is C16H28N2O3. The zero-order chi connectivity index (χ0) is 15.5. The number of hydrogen-bond donors (Lipinski definition) is 1. The number of imidazole rings is 1. The summed E-state index contributed by atoms with van der Waals surface area (Å²) < 4.78 is 2.12. The van der Waals surface area contributed by atoms with Crippen molar-refractivity contribution in [3.8, 4) is 5.88 Å². The quantitative estimate of drug-likeness (QED) is 0.475. The molecule has 0 radical (unpaired) electrons. The number of aromatic nitrogens is 2. The Morgan fingerprint density at radius 2 is 1.52 bits per heavy atom. The lowest BCUT2D eigenvalue weighted by molar-refractivity contribution is 0.438. The summed E-state index contributed by atoms with van der Waals surface area (Å²) in [6.45, 7) is 2.79. The Kier molecular flexibility index (Phi) is 8.55. The summed E-state index contributed by atoms with van der Waals surface area (Å²) >= 11 is 0. The third-order valence-electron chi connectivity index (χ3n) is 3.83. The molecule has 0 saturated heterocycles. The molecule has 0 aliphatic rings. The van der Waals surface area contributed by atoms with Crippen LogP contribution in [0.4, 0.5) is 0 Å². The molecule has 0 bridgehead atoms. The highest BCUT2D eigenvalue weighted by Gasteiger charge is 2.08. The van der Waals surface area contributed by atoms with Crippen LogP contribution in [0.25, 0.3) is 0 Å². The summed E-state index contributed by atoms with van der Waals surface area (Å²) in [5.74, 6) is -0.290. The second kappa shape index (κ2) is 10.2. The monoisotopic (exact) mass is 296 g/mol. The largest absolute Gasteiger partial charge is 0.493 e. The number of unbranched alkanes of at least 4 members (excludes halogenated alkanes) is 9. The zero-order valence-corrected chi connectivity index (χ0v) is 13.1. The van der Waals surface area contributed by atoms with Gasteiger partial charge in [0.25, 0.3) is 0 Å². The zero-order valence-electron chi connectivity index (χ0n) is 13.1. The summed E-state index contributed by atoms with van der Waals surface area (Å²) in [5.41, 5.74) is -0.460. The van der Waals surface area contributed by atoms with Gasteiger partial charge in [0.15, 0.2) is 0 Å². The van der Waals surface area contributed by atoms with E-state index < -0.39 is 5.69 Å². The predicted molar refractivity (Wildman–Crippen MR) is 84.3 cm³/mol. The molecule has 0 atom stereocenters. The van der Waals surface area contributed by atoms with Crippen LogP contribution in [-0.2, 0) is 11.3 Å². The molecule has 1 rings (SSSR count). The van der Waals surface area contributed by atoms with Crippen molar-refractivity contribution in [3.05, 3.63) is 16.7 Å². The van der Waals surface area contributed by atoms with Gasteiger partial charge >= 0.3 is 5.69 Å². The Bertz CT molecular complexity index is 463. The van der Waals surface area contributed by atoms with E-state index in [9.17, 15) is 14.7 Å². The van der Waals surface area contributed by atoms with Crippen LogP contribution in [-0.4, -0.2) is 20.7 Å². The van der Waals surface area contributed by atoms with Gasteiger partial charge in [-0.2, -0.15) is 0 Å². The van der Waals surface area contributed by atoms with E-state index in [2.05, 4.69) is 6.92 Å². The van der Waals surface area contributed by atoms with Crippen molar-refractivity contribution in [3.63, 3.8) is 0 Å². The van der Waals surface area contributed by atoms with Crippen molar-refractivity contribution in [2.75, 3.05) is 0 Å². The molecule has 0 aliphatic carbocycles. The fraction of sp³-hybridized carbons (Fsp3) is 0.750. The first-order valence-electron chi connectivity index (χ1n) is 8.16. The van der Waals surface area contributed by atoms with E-state index in [0.717, 1.165) is 17.4 Å². The highest BCUT2D eigenvalue weighted by molar-refractivity contribution is 5.54. The maximum absolute atomic E-state index is 11.6. The van der Waals surface area contributed by atoms with Crippen LogP contribution in [0.5, 0.6) is 5.88 Å².